The molecule has 1 heterocycles. The zero-order valence-corrected chi connectivity index (χ0v) is 6.47. The smallest absolute Gasteiger partial charge is 0.0730 e. The van der Waals surface area contributed by atoms with Crippen LogP contribution in [0.4, 0.5) is 0 Å². The van der Waals surface area contributed by atoms with Gasteiger partial charge in [0, 0.05) is 12.1 Å². The Bertz CT molecular complexity index is 135. The lowest BCUT2D eigenvalue weighted by Gasteiger charge is -2.25. The molecule has 0 aliphatic carbocycles. The number of hydrogen-bond donors (Lipinski definition) is 1. The van der Waals surface area contributed by atoms with E-state index in [1.807, 2.05) is 13.0 Å². The van der Waals surface area contributed by atoms with E-state index in [1.165, 1.54) is 0 Å². The largest absolute Gasteiger partial charge is 0.377 e. The van der Waals surface area contributed by atoms with E-state index in [-0.39, 0.29) is 11.6 Å². The van der Waals surface area contributed by atoms with Crippen LogP contribution in [0.25, 0.3) is 0 Å². The summed E-state index contributed by atoms with van der Waals surface area (Å²) < 4.78 is 5.35. The van der Waals surface area contributed by atoms with Crippen molar-refractivity contribution in [2.45, 2.75) is 31.4 Å². The minimum atomic E-state index is -0.137. The van der Waals surface area contributed by atoms with Crippen molar-refractivity contribution in [1.82, 2.24) is 0 Å². The lowest BCUT2D eigenvalue weighted by atomic mass is 9.90. The van der Waals surface area contributed by atoms with Crippen molar-refractivity contribution in [3.8, 4) is 0 Å². The van der Waals surface area contributed by atoms with Crippen molar-refractivity contribution in [3.05, 3.63) is 12.7 Å². The Balaban J connectivity index is 2.56. The van der Waals surface area contributed by atoms with Crippen LogP contribution >= 0.6 is 0 Å². The molecule has 1 fully saturated rings. The van der Waals surface area contributed by atoms with Crippen LogP contribution in [-0.4, -0.2) is 18.2 Å². The average Bonchev–Trinajstić information content (AvgIpc) is 2.15. The van der Waals surface area contributed by atoms with Crippen molar-refractivity contribution >= 4 is 0 Å². The van der Waals surface area contributed by atoms with Gasteiger partial charge in [-0.3, -0.25) is 0 Å². The molecule has 2 N–H and O–H groups in total. The molecular formula is C8H15NO. The molecule has 2 heteroatoms. The van der Waals surface area contributed by atoms with Crippen LogP contribution in [-0.2, 0) is 4.74 Å². The molecule has 0 aromatic rings. The molecule has 0 aromatic carbocycles. The van der Waals surface area contributed by atoms with E-state index in [4.69, 9.17) is 10.5 Å². The van der Waals surface area contributed by atoms with Gasteiger partial charge in [0.2, 0.25) is 0 Å². The lowest BCUT2D eigenvalue weighted by molar-refractivity contribution is 0.0962. The molecule has 2 unspecified atom stereocenters. The van der Waals surface area contributed by atoms with Gasteiger partial charge >= 0.3 is 0 Å². The second-order valence-electron chi connectivity index (χ2n) is 2.99. The molecule has 10 heavy (non-hydrogen) atoms. The van der Waals surface area contributed by atoms with Gasteiger partial charge in [0.05, 0.1) is 6.10 Å². The topological polar surface area (TPSA) is 35.2 Å². The number of nitrogens with two attached hydrogens (primary N) is 1. The highest BCUT2D eigenvalue weighted by Gasteiger charge is 2.36. The second-order valence-corrected chi connectivity index (χ2v) is 2.99. The third kappa shape index (κ3) is 1.22. The Morgan fingerprint density at radius 1 is 1.90 bits per heavy atom. The minimum absolute atomic E-state index is 0.137. The van der Waals surface area contributed by atoms with Gasteiger partial charge < -0.3 is 10.5 Å². The zero-order valence-electron chi connectivity index (χ0n) is 6.47. The Morgan fingerprint density at radius 2 is 2.60 bits per heavy atom. The highest BCUT2D eigenvalue weighted by Crippen LogP contribution is 2.26. The third-order valence-electron chi connectivity index (χ3n) is 2.27. The number of hydrogen-bond acceptors (Lipinski definition) is 2. The van der Waals surface area contributed by atoms with Gasteiger partial charge in [0.25, 0.3) is 0 Å². The molecule has 1 saturated heterocycles. The minimum Gasteiger partial charge on any atom is -0.377 e. The van der Waals surface area contributed by atoms with Crippen LogP contribution < -0.4 is 5.73 Å². The van der Waals surface area contributed by atoms with Crippen LogP contribution in [0.1, 0.15) is 19.8 Å². The molecule has 0 saturated carbocycles. The summed E-state index contributed by atoms with van der Waals surface area (Å²) in [5.41, 5.74) is 5.88. The van der Waals surface area contributed by atoms with Crippen LogP contribution in [0.2, 0.25) is 0 Å². The summed E-state index contributed by atoms with van der Waals surface area (Å²) in [4.78, 5) is 0. The molecule has 0 spiro atoms. The van der Waals surface area contributed by atoms with Gasteiger partial charge in [-0.25, -0.2) is 0 Å². The molecule has 58 valence electrons. The molecule has 2 atom stereocenters. The van der Waals surface area contributed by atoms with Crippen LogP contribution in [0.5, 0.6) is 0 Å². The summed E-state index contributed by atoms with van der Waals surface area (Å²) in [5.74, 6) is 0. The van der Waals surface area contributed by atoms with Gasteiger partial charge in [-0.05, 0) is 19.8 Å². The average molecular weight is 141 g/mol. The van der Waals surface area contributed by atoms with Gasteiger partial charge in [-0.1, -0.05) is 6.08 Å². The fourth-order valence-corrected chi connectivity index (χ4v) is 1.33. The SMILES string of the molecule is C=CCC1(N)CCOC1C. The van der Waals surface area contributed by atoms with E-state index >= 15 is 0 Å². The highest BCUT2D eigenvalue weighted by atomic mass is 16.5. The van der Waals surface area contributed by atoms with E-state index in [0.29, 0.717) is 0 Å². The van der Waals surface area contributed by atoms with E-state index in [1.54, 1.807) is 0 Å². The number of ether oxygens (including phenoxy) is 1. The fourth-order valence-electron chi connectivity index (χ4n) is 1.33. The predicted octanol–water partition coefficient (Wildman–Crippen LogP) is 1.07. The molecule has 1 rings (SSSR count). The first-order chi connectivity index (χ1) is 4.69. The maximum Gasteiger partial charge on any atom is 0.0730 e. The van der Waals surface area contributed by atoms with Gasteiger partial charge in [0.15, 0.2) is 0 Å². The summed E-state index contributed by atoms with van der Waals surface area (Å²) in [6.07, 6.45) is 3.87. The van der Waals surface area contributed by atoms with Crippen LogP contribution in [0.3, 0.4) is 0 Å². The predicted molar refractivity (Wildman–Crippen MR) is 41.8 cm³/mol. The quantitative estimate of drug-likeness (QED) is 0.584. The lowest BCUT2D eigenvalue weighted by Crippen LogP contribution is -2.45. The van der Waals surface area contributed by atoms with Crippen molar-refractivity contribution in [2.24, 2.45) is 5.73 Å². The second kappa shape index (κ2) is 2.72. The maximum absolute atomic E-state index is 6.02. The highest BCUT2D eigenvalue weighted by molar-refractivity contribution is 4.98. The van der Waals surface area contributed by atoms with E-state index in [2.05, 4.69) is 6.58 Å². The van der Waals surface area contributed by atoms with Gasteiger partial charge in [-0.15, -0.1) is 6.58 Å². The first kappa shape index (κ1) is 7.76. The first-order valence-electron chi connectivity index (χ1n) is 3.70. The normalized spacial score (nSPS) is 40.0. The zero-order chi connectivity index (χ0) is 7.61. The first-order valence-corrected chi connectivity index (χ1v) is 3.70. The molecule has 1 aliphatic rings. The Morgan fingerprint density at radius 3 is 3.00 bits per heavy atom. The Hall–Kier alpha value is -0.340. The Kier molecular flexibility index (Phi) is 2.11. The van der Waals surface area contributed by atoms with Crippen molar-refractivity contribution in [3.63, 3.8) is 0 Å². The molecule has 0 aromatic heterocycles. The summed E-state index contributed by atoms with van der Waals surface area (Å²) in [7, 11) is 0. The fraction of sp³-hybridized carbons (Fsp3) is 0.750. The molecule has 2 nitrogen and oxygen atoms in total. The maximum atomic E-state index is 6.02. The van der Waals surface area contributed by atoms with Gasteiger partial charge in [-0.2, -0.15) is 0 Å². The van der Waals surface area contributed by atoms with E-state index in [0.717, 1.165) is 19.4 Å². The number of rotatable bonds is 2. The monoisotopic (exact) mass is 141 g/mol. The van der Waals surface area contributed by atoms with E-state index in [9.17, 15) is 0 Å². The summed E-state index contributed by atoms with van der Waals surface area (Å²) in [5, 5.41) is 0. The van der Waals surface area contributed by atoms with Gasteiger partial charge in [0.1, 0.15) is 0 Å². The third-order valence-corrected chi connectivity index (χ3v) is 2.27. The summed E-state index contributed by atoms with van der Waals surface area (Å²) in [6, 6.07) is 0. The van der Waals surface area contributed by atoms with Crippen LogP contribution in [0.15, 0.2) is 12.7 Å². The van der Waals surface area contributed by atoms with Crippen molar-refractivity contribution in [1.29, 1.82) is 0 Å². The van der Waals surface area contributed by atoms with Crippen molar-refractivity contribution < 1.29 is 4.74 Å². The summed E-state index contributed by atoms with van der Waals surface area (Å²) in [6.45, 7) is 6.49. The standard InChI is InChI=1S/C8H15NO/c1-3-4-8(9)5-6-10-7(8)2/h3,7H,1,4-6,9H2,2H3. The van der Waals surface area contributed by atoms with E-state index < -0.39 is 0 Å². The Labute approximate surface area is 62.1 Å². The molecule has 0 amide bonds. The van der Waals surface area contributed by atoms with Crippen molar-refractivity contribution in [2.75, 3.05) is 6.61 Å². The molecule has 0 bridgehead atoms. The van der Waals surface area contributed by atoms with Crippen LogP contribution in [0, 0.1) is 0 Å². The summed E-state index contributed by atoms with van der Waals surface area (Å²) >= 11 is 0. The molecule has 1 aliphatic heterocycles. The molecular weight excluding hydrogens is 126 g/mol. The molecule has 0 radical (unpaired) electrons.